The summed E-state index contributed by atoms with van der Waals surface area (Å²) in [6.07, 6.45) is -0.198. The summed E-state index contributed by atoms with van der Waals surface area (Å²) in [5.41, 5.74) is 9.94. The third-order valence-corrected chi connectivity index (χ3v) is 1.56. The number of carbonyl (C=O) groups is 1. The van der Waals surface area contributed by atoms with E-state index < -0.39 is 17.5 Å². The maximum Gasteiger partial charge on any atom is 0.229 e. The molecule has 4 N–H and O–H groups in total. The van der Waals surface area contributed by atoms with Crippen molar-refractivity contribution in [2.45, 2.75) is 6.42 Å². The van der Waals surface area contributed by atoms with Gasteiger partial charge in [-0.05, 0) is 6.07 Å². The number of halogens is 2. The lowest BCUT2D eigenvalue weighted by Gasteiger charge is -1.99. The molecule has 0 saturated carbocycles. The average molecular weight is 210 g/mol. The Hall–Kier alpha value is -2.09. The fourth-order valence-electron chi connectivity index (χ4n) is 0.945. The third kappa shape index (κ3) is 2.95. The Morgan fingerprint density at radius 1 is 1.40 bits per heavy atom. The van der Waals surface area contributed by atoms with E-state index in [-0.39, 0.29) is 17.7 Å². The molecule has 0 unspecified atom stereocenters. The molecule has 5 heteroatoms. The molecule has 0 fully saturated rings. The second-order valence-corrected chi connectivity index (χ2v) is 2.80. The molecule has 0 aliphatic carbocycles. The molecular formula is C10H8F2N2O. The summed E-state index contributed by atoms with van der Waals surface area (Å²) in [5, 5.41) is 0. The van der Waals surface area contributed by atoms with Crippen LogP contribution in [0.2, 0.25) is 0 Å². The molecule has 0 aromatic heterocycles. The number of amides is 1. The highest BCUT2D eigenvalue weighted by Gasteiger charge is 2.06. The van der Waals surface area contributed by atoms with Crippen molar-refractivity contribution in [1.82, 2.24) is 0 Å². The summed E-state index contributed by atoms with van der Waals surface area (Å²) in [6.45, 7) is 0. The van der Waals surface area contributed by atoms with Gasteiger partial charge in [0.05, 0.1) is 17.7 Å². The summed E-state index contributed by atoms with van der Waals surface area (Å²) in [7, 11) is 0. The van der Waals surface area contributed by atoms with Gasteiger partial charge in [0.25, 0.3) is 0 Å². The Labute approximate surface area is 85.1 Å². The fourth-order valence-corrected chi connectivity index (χ4v) is 0.945. The second-order valence-electron chi connectivity index (χ2n) is 2.80. The first-order valence-corrected chi connectivity index (χ1v) is 4.02. The van der Waals surface area contributed by atoms with Crippen LogP contribution < -0.4 is 11.5 Å². The number of hydrogen-bond donors (Lipinski definition) is 2. The van der Waals surface area contributed by atoms with E-state index >= 15 is 0 Å². The average Bonchev–Trinajstić information content (AvgIpc) is 2.08. The summed E-state index contributed by atoms with van der Waals surface area (Å²) in [5.74, 6) is 2.41. The van der Waals surface area contributed by atoms with E-state index in [0.29, 0.717) is 6.07 Å². The molecular weight excluding hydrogens is 202 g/mol. The number of hydrogen-bond acceptors (Lipinski definition) is 2. The molecule has 0 saturated heterocycles. The molecule has 3 nitrogen and oxygen atoms in total. The van der Waals surface area contributed by atoms with Crippen molar-refractivity contribution in [2.24, 2.45) is 5.73 Å². The van der Waals surface area contributed by atoms with E-state index in [9.17, 15) is 13.6 Å². The first-order valence-electron chi connectivity index (χ1n) is 4.02. The van der Waals surface area contributed by atoms with Gasteiger partial charge in [0.1, 0.15) is 11.6 Å². The van der Waals surface area contributed by atoms with Crippen molar-refractivity contribution in [3.05, 3.63) is 29.3 Å². The van der Waals surface area contributed by atoms with E-state index in [1.54, 1.807) is 0 Å². The molecule has 78 valence electrons. The first kappa shape index (κ1) is 11.0. The van der Waals surface area contributed by atoms with Gasteiger partial charge in [0.15, 0.2) is 0 Å². The van der Waals surface area contributed by atoms with Crippen molar-refractivity contribution < 1.29 is 13.6 Å². The number of carbonyl (C=O) groups excluding carboxylic acids is 1. The molecule has 1 aromatic rings. The van der Waals surface area contributed by atoms with Crippen LogP contribution in [-0.2, 0) is 4.79 Å². The van der Waals surface area contributed by atoms with Gasteiger partial charge in [-0.3, -0.25) is 4.79 Å². The number of nitrogens with two attached hydrogens (primary N) is 2. The van der Waals surface area contributed by atoms with Gasteiger partial charge < -0.3 is 11.5 Å². The van der Waals surface area contributed by atoms with Gasteiger partial charge in [-0.2, -0.15) is 0 Å². The van der Waals surface area contributed by atoms with Crippen LogP contribution in [-0.4, -0.2) is 5.91 Å². The number of rotatable bonds is 1. The predicted molar refractivity (Wildman–Crippen MR) is 51.5 cm³/mol. The largest absolute Gasteiger partial charge is 0.398 e. The highest BCUT2D eigenvalue weighted by Crippen LogP contribution is 2.16. The normalized spacial score (nSPS) is 9.20. The molecule has 0 radical (unpaired) electrons. The van der Waals surface area contributed by atoms with E-state index in [4.69, 9.17) is 11.5 Å². The SMILES string of the molecule is NC(=O)CC#Cc1c(N)cc(F)cc1F. The third-order valence-electron chi connectivity index (χ3n) is 1.56. The Balaban J connectivity index is 3.03. The van der Waals surface area contributed by atoms with Gasteiger partial charge in [-0.15, -0.1) is 0 Å². The van der Waals surface area contributed by atoms with Crippen LogP contribution in [0, 0.1) is 23.5 Å². The lowest BCUT2D eigenvalue weighted by atomic mass is 10.1. The number of anilines is 1. The van der Waals surface area contributed by atoms with E-state index in [1.807, 2.05) is 0 Å². The molecule has 15 heavy (non-hydrogen) atoms. The monoisotopic (exact) mass is 210 g/mol. The lowest BCUT2D eigenvalue weighted by Crippen LogP contribution is -2.08. The Kier molecular flexibility index (Phi) is 3.24. The molecule has 0 aliphatic heterocycles. The second kappa shape index (κ2) is 4.42. The molecule has 0 heterocycles. The highest BCUT2D eigenvalue weighted by molar-refractivity contribution is 5.76. The summed E-state index contributed by atoms with van der Waals surface area (Å²) in [4.78, 5) is 10.3. The smallest absolute Gasteiger partial charge is 0.229 e. The number of primary amides is 1. The zero-order chi connectivity index (χ0) is 11.4. The van der Waals surface area contributed by atoms with Crippen molar-refractivity contribution in [2.75, 3.05) is 5.73 Å². The molecule has 0 spiro atoms. The van der Waals surface area contributed by atoms with Gasteiger partial charge in [0, 0.05) is 6.07 Å². The minimum atomic E-state index is -0.857. The van der Waals surface area contributed by atoms with Gasteiger partial charge in [0.2, 0.25) is 5.91 Å². The van der Waals surface area contributed by atoms with Gasteiger partial charge >= 0.3 is 0 Å². The van der Waals surface area contributed by atoms with Crippen LogP contribution in [0.15, 0.2) is 12.1 Å². The predicted octanol–water partition coefficient (Wildman–Crippen LogP) is 0.774. The van der Waals surface area contributed by atoms with Crippen LogP contribution in [0.1, 0.15) is 12.0 Å². The molecule has 0 bridgehead atoms. The maximum absolute atomic E-state index is 13.1. The highest BCUT2D eigenvalue weighted by atomic mass is 19.1. The Morgan fingerprint density at radius 3 is 2.60 bits per heavy atom. The number of nitrogen functional groups attached to an aromatic ring is 1. The standard InChI is InChI=1S/C10H8F2N2O/c11-6-4-8(12)7(9(13)5-6)2-1-3-10(14)15/h4-5H,3,13H2,(H2,14,15). The minimum absolute atomic E-state index is 0.107. The molecule has 0 aliphatic rings. The maximum atomic E-state index is 13.1. The van der Waals surface area contributed by atoms with Crippen molar-refractivity contribution in [3.8, 4) is 11.8 Å². The molecule has 1 aromatic carbocycles. The van der Waals surface area contributed by atoms with Crippen LogP contribution in [0.3, 0.4) is 0 Å². The van der Waals surface area contributed by atoms with Crippen molar-refractivity contribution >= 4 is 11.6 Å². The minimum Gasteiger partial charge on any atom is -0.398 e. The van der Waals surface area contributed by atoms with E-state index in [1.165, 1.54) is 0 Å². The van der Waals surface area contributed by atoms with Crippen molar-refractivity contribution in [3.63, 3.8) is 0 Å². The summed E-state index contributed by atoms with van der Waals surface area (Å²) >= 11 is 0. The Morgan fingerprint density at radius 2 is 2.07 bits per heavy atom. The lowest BCUT2D eigenvalue weighted by molar-refractivity contribution is -0.117. The zero-order valence-corrected chi connectivity index (χ0v) is 7.68. The molecule has 0 atom stereocenters. The van der Waals surface area contributed by atoms with Gasteiger partial charge in [-0.1, -0.05) is 11.8 Å². The van der Waals surface area contributed by atoms with Crippen LogP contribution in [0.5, 0.6) is 0 Å². The van der Waals surface area contributed by atoms with E-state index in [0.717, 1.165) is 6.07 Å². The number of benzene rings is 1. The quantitative estimate of drug-likeness (QED) is 0.531. The Bertz CT molecular complexity index is 437. The first-order chi connectivity index (χ1) is 7.00. The van der Waals surface area contributed by atoms with Crippen LogP contribution >= 0.6 is 0 Å². The molecule has 1 rings (SSSR count). The van der Waals surface area contributed by atoms with E-state index in [2.05, 4.69) is 11.8 Å². The topological polar surface area (TPSA) is 69.1 Å². The van der Waals surface area contributed by atoms with Gasteiger partial charge in [-0.25, -0.2) is 8.78 Å². The summed E-state index contributed by atoms with van der Waals surface area (Å²) < 4.78 is 25.7. The summed E-state index contributed by atoms with van der Waals surface area (Å²) in [6, 6.07) is 1.63. The van der Waals surface area contributed by atoms with Crippen LogP contribution in [0.4, 0.5) is 14.5 Å². The fraction of sp³-hybridized carbons (Fsp3) is 0.100. The zero-order valence-electron chi connectivity index (χ0n) is 7.68. The van der Waals surface area contributed by atoms with Crippen LogP contribution in [0.25, 0.3) is 0 Å². The molecule has 1 amide bonds. The van der Waals surface area contributed by atoms with Crippen molar-refractivity contribution in [1.29, 1.82) is 0 Å².